The largest absolute Gasteiger partial charge is 0.372 e. The Morgan fingerprint density at radius 3 is 2.92 bits per heavy atom. The molecule has 1 saturated heterocycles. The summed E-state index contributed by atoms with van der Waals surface area (Å²) in [7, 11) is 0. The number of H-pyrrole nitrogens is 1. The molecule has 0 aliphatic carbocycles. The van der Waals surface area contributed by atoms with Crippen molar-refractivity contribution in [2.45, 2.75) is 25.4 Å². The van der Waals surface area contributed by atoms with Crippen molar-refractivity contribution in [2.75, 3.05) is 6.61 Å². The molecule has 1 N–H and O–H groups in total. The third-order valence-electron chi connectivity index (χ3n) is 2.01. The summed E-state index contributed by atoms with van der Waals surface area (Å²) in [5.41, 5.74) is 0.898. The van der Waals surface area contributed by atoms with Crippen LogP contribution in [0.2, 0.25) is 0 Å². The molecule has 0 spiro atoms. The lowest BCUT2D eigenvalue weighted by Gasteiger charge is -2.20. The van der Waals surface area contributed by atoms with Gasteiger partial charge in [0.15, 0.2) is 4.60 Å². The Hall–Kier alpha value is -0.420. The quantitative estimate of drug-likeness (QED) is 0.803. The average molecular weight is 232 g/mol. The third-order valence-corrected chi connectivity index (χ3v) is 2.60. The summed E-state index contributed by atoms with van der Waals surface area (Å²) in [6.07, 6.45) is 3.55. The molecule has 1 aliphatic heterocycles. The fourth-order valence-corrected chi connectivity index (χ4v) is 1.81. The van der Waals surface area contributed by atoms with Crippen molar-refractivity contribution < 1.29 is 4.74 Å². The number of aromatic nitrogens is 3. The second kappa shape index (κ2) is 3.53. The molecule has 1 atom stereocenters. The molecule has 1 aromatic heterocycles. The van der Waals surface area contributed by atoms with Crippen LogP contribution < -0.4 is 0 Å². The van der Waals surface area contributed by atoms with Crippen LogP contribution in [0.3, 0.4) is 0 Å². The van der Waals surface area contributed by atoms with Crippen LogP contribution in [0.25, 0.3) is 0 Å². The lowest BCUT2D eigenvalue weighted by atomic mass is 10.1. The van der Waals surface area contributed by atoms with Crippen LogP contribution >= 0.6 is 15.9 Å². The summed E-state index contributed by atoms with van der Waals surface area (Å²) in [6, 6.07) is 0. The first-order chi connectivity index (χ1) is 5.88. The smallest absolute Gasteiger partial charge is 0.154 e. The molecule has 0 aromatic carbocycles. The highest BCUT2D eigenvalue weighted by Crippen LogP contribution is 2.29. The van der Waals surface area contributed by atoms with Crippen molar-refractivity contribution in [1.29, 1.82) is 0 Å². The summed E-state index contributed by atoms with van der Waals surface area (Å²) in [5, 5.41) is 10.5. The number of nitrogens with zero attached hydrogens (tertiary/aromatic N) is 2. The predicted molar refractivity (Wildman–Crippen MR) is 46.6 cm³/mol. The van der Waals surface area contributed by atoms with Gasteiger partial charge in [0, 0.05) is 6.61 Å². The maximum absolute atomic E-state index is 5.55. The van der Waals surface area contributed by atoms with Gasteiger partial charge in [-0.1, -0.05) is 0 Å². The van der Waals surface area contributed by atoms with Gasteiger partial charge >= 0.3 is 0 Å². The van der Waals surface area contributed by atoms with Crippen LogP contribution in [0.15, 0.2) is 4.60 Å². The van der Waals surface area contributed by atoms with Crippen LogP contribution in [0.4, 0.5) is 0 Å². The number of ether oxygens (including phenoxy) is 1. The van der Waals surface area contributed by atoms with Crippen molar-refractivity contribution in [3.05, 3.63) is 10.3 Å². The number of hydrogen-bond acceptors (Lipinski definition) is 3. The van der Waals surface area contributed by atoms with Crippen LogP contribution in [-0.4, -0.2) is 22.0 Å². The molecule has 1 aliphatic rings. The third kappa shape index (κ3) is 1.51. The molecule has 0 amide bonds. The van der Waals surface area contributed by atoms with E-state index in [0.717, 1.165) is 29.7 Å². The zero-order chi connectivity index (χ0) is 8.39. The molecule has 12 heavy (non-hydrogen) atoms. The Bertz CT molecular complexity index is 257. The van der Waals surface area contributed by atoms with Gasteiger partial charge in [-0.25, -0.2) is 0 Å². The molecule has 66 valence electrons. The monoisotopic (exact) mass is 231 g/mol. The molecule has 2 heterocycles. The van der Waals surface area contributed by atoms with E-state index in [-0.39, 0.29) is 6.10 Å². The number of nitrogens with one attached hydrogen (secondary N) is 1. The standard InChI is InChI=1S/C7H10BrN3O/c8-7-6(9-11-10-7)5-3-1-2-4-12-5/h5H,1-4H2,(H,9,10,11). The highest BCUT2D eigenvalue weighted by Gasteiger charge is 2.21. The fourth-order valence-electron chi connectivity index (χ4n) is 1.39. The van der Waals surface area contributed by atoms with E-state index in [1.807, 2.05) is 0 Å². The molecule has 4 nitrogen and oxygen atoms in total. The SMILES string of the molecule is Brc1n[nH]nc1C1CCCCO1. The zero-order valence-corrected chi connectivity index (χ0v) is 8.17. The van der Waals surface area contributed by atoms with E-state index in [0.29, 0.717) is 0 Å². The topological polar surface area (TPSA) is 50.8 Å². The summed E-state index contributed by atoms with van der Waals surface area (Å²) in [5.74, 6) is 0. The lowest BCUT2D eigenvalue weighted by molar-refractivity contribution is 0.0118. The molecule has 0 saturated carbocycles. The molecule has 5 heteroatoms. The minimum absolute atomic E-state index is 0.131. The molecule has 1 unspecified atom stereocenters. The second-order valence-corrected chi connectivity index (χ2v) is 3.61. The van der Waals surface area contributed by atoms with Gasteiger partial charge in [0.2, 0.25) is 0 Å². The van der Waals surface area contributed by atoms with E-state index in [2.05, 4.69) is 31.3 Å². The normalized spacial score (nSPS) is 24.2. The first kappa shape index (κ1) is 8.19. The van der Waals surface area contributed by atoms with Gasteiger partial charge in [-0.2, -0.15) is 10.3 Å². The van der Waals surface area contributed by atoms with E-state index in [4.69, 9.17) is 4.74 Å². The van der Waals surface area contributed by atoms with E-state index in [1.54, 1.807) is 0 Å². The zero-order valence-electron chi connectivity index (χ0n) is 6.59. The molecule has 0 bridgehead atoms. The van der Waals surface area contributed by atoms with E-state index in [9.17, 15) is 0 Å². The van der Waals surface area contributed by atoms with Crippen LogP contribution in [-0.2, 0) is 4.74 Å². The maximum Gasteiger partial charge on any atom is 0.154 e. The number of hydrogen-bond donors (Lipinski definition) is 1. The minimum atomic E-state index is 0.131. The summed E-state index contributed by atoms with van der Waals surface area (Å²) < 4.78 is 6.32. The lowest BCUT2D eigenvalue weighted by Crippen LogP contribution is -2.12. The molecule has 0 radical (unpaired) electrons. The van der Waals surface area contributed by atoms with E-state index in [1.165, 1.54) is 6.42 Å². The molecule has 1 fully saturated rings. The number of aromatic amines is 1. The van der Waals surface area contributed by atoms with Crippen LogP contribution in [0.1, 0.15) is 31.1 Å². The summed E-state index contributed by atoms with van der Waals surface area (Å²) in [6.45, 7) is 0.837. The van der Waals surface area contributed by atoms with Gasteiger partial charge in [-0.05, 0) is 35.2 Å². The average Bonchev–Trinajstić information content (AvgIpc) is 2.53. The highest BCUT2D eigenvalue weighted by atomic mass is 79.9. The van der Waals surface area contributed by atoms with Gasteiger partial charge in [-0.3, -0.25) is 0 Å². The van der Waals surface area contributed by atoms with Gasteiger partial charge in [-0.15, -0.1) is 5.10 Å². The Labute approximate surface area is 78.8 Å². The number of halogens is 1. The molecule has 2 rings (SSSR count). The van der Waals surface area contributed by atoms with Gasteiger partial charge in [0.1, 0.15) is 11.8 Å². The highest BCUT2D eigenvalue weighted by molar-refractivity contribution is 9.10. The predicted octanol–water partition coefficient (Wildman–Crippen LogP) is 1.81. The van der Waals surface area contributed by atoms with Gasteiger partial charge in [0.25, 0.3) is 0 Å². The fraction of sp³-hybridized carbons (Fsp3) is 0.714. The van der Waals surface area contributed by atoms with Crippen molar-refractivity contribution >= 4 is 15.9 Å². The molecular weight excluding hydrogens is 222 g/mol. The van der Waals surface area contributed by atoms with Crippen molar-refractivity contribution in [3.63, 3.8) is 0 Å². The van der Waals surface area contributed by atoms with Gasteiger partial charge < -0.3 is 4.74 Å². The Kier molecular flexibility index (Phi) is 2.41. The second-order valence-electron chi connectivity index (χ2n) is 2.85. The van der Waals surface area contributed by atoms with Gasteiger partial charge in [0.05, 0.1) is 0 Å². The Morgan fingerprint density at radius 2 is 2.33 bits per heavy atom. The van der Waals surface area contributed by atoms with Crippen LogP contribution in [0.5, 0.6) is 0 Å². The van der Waals surface area contributed by atoms with E-state index >= 15 is 0 Å². The Balaban J connectivity index is 2.13. The van der Waals surface area contributed by atoms with E-state index < -0.39 is 0 Å². The first-order valence-corrected chi connectivity index (χ1v) is 4.85. The maximum atomic E-state index is 5.55. The minimum Gasteiger partial charge on any atom is -0.372 e. The molecule has 1 aromatic rings. The van der Waals surface area contributed by atoms with Crippen molar-refractivity contribution in [1.82, 2.24) is 15.4 Å². The Morgan fingerprint density at radius 1 is 1.42 bits per heavy atom. The first-order valence-electron chi connectivity index (χ1n) is 4.05. The van der Waals surface area contributed by atoms with Crippen molar-refractivity contribution in [3.8, 4) is 0 Å². The van der Waals surface area contributed by atoms with Crippen molar-refractivity contribution in [2.24, 2.45) is 0 Å². The number of rotatable bonds is 1. The summed E-state index contributed by atoms with van der Waals surface area (Å²) >= 11 is 3.32. The molecular formula is C7H10BrN3O. The van der Waals surface area contributed by atoms with Crippen LogP contribution in [0, 0.1) is 0 Å². The summed E-state index contributed by atoms with van der Waals surface area (Å²) in [4.78, 5) is 0.